The predicted octanol–water partition coefficient (Wildman–Crippen LogP) is 1.40. The molecule has 0 radical (unpaired) electrons. The molecule has 23 heavy (non-hydrogen) atoms. The van der Waals surface area contributed by atoms with E-state index in [2.05, 4.69) is 4.90 Å². The fourth-order valence-electron chi connectivity index (χ4n) is 2.97. The summed E-state index contributed by atoms with van der Waals surface area (Å²) in [5.74, 6) is 1.52. The number of hydrogen-bond donors (Lipinski definition) is 1. The molecule has 6 heteroatoms. The molecule has 1 N–H and O–H groups in total. The number of aliphatic hydroxyl groups is 1. The van der Waals surface area contributed by atoms with Crippen LogP contribution in [0.25, 0.3) is 0 Å². The molecule has 0 aromatic heterocycles. The third-order valence-corrected chi connectivity index (χ3v) is 4.08. The van der Waals surface area contributed by atoms with Crippen molar-refractivity contribution in [1.29, 1.82) is 0 Å². The van der Waals surface area contributed by atoms with Crippen molar-refractivity contribution in [2.24, 2.45) is 0 Å². The molecule has 2 atom stereocenters. The van der Waals surface area contributed by atoms with Gasteiger partial charge in [0.1, 0.15) is 0 Å². The molecule has 2 aliphatic heterocycles. The molecule has 3 rings (SSSR count). The van der Waals surface area contributed by atoms with Crippen molar-refractivity contribution in [3.63, 3.8) is 0 Å². The molecule has 6 nitrogen and oxygen atoms in total. The van der Waals surface area contributed by atoms with Crippen LogP contribution >= 0.6 is 0 Å². The van der Waals surface area contributed by atoms with Crippen LogP contribution in [0.3, 0.4) is 0 Å². The van der Waals surface area contributed by atoms with Gasteiger partial charge in [-0.25, -0.2) is 0 Å². The van der Waals surface area contributed by atoms with Crippen molar-refractivity contribution in [3.8, 4) is 11.5 Å². The highest BCUT2D eigenvalue weighted by molar-refractivity contribution is 5.44. The smallest absolute Gasteiger partial charge is 0.231 e. The molecular formula is C17H25NO5. The summed E-state index contributed by atoms with van der Waals surface area (Å²) in [5, 5.41) is 10.1. The first-order valence-electron chi connectivity index (χ1n) is 8.15. The second-order valence-electron chi connectivity index (χ2n) is 6.21. The Kier molecular flexibility index (Phi) is 5.72. The highest BCUT2D eigenvalue weighted by Crippen LogP contribution is 2.32. The van der Waals surface area contributed by atoms with E-state index >= 15 is 0 Å². The number of fused-ring (bicyclic) bond motifs is 1. The lowest BCUT2D eigenvalue weighted by molar-refractivity contribution is 0.00464. The maximum Gasteiger partial charge on any atom is 0.231 e. The molecule has 0 saturated carbocycles. The maximum absolute atomic E-state index is 10.1. The molecule has 128 valence electrons. The Morgan fingerprint density at radius 1 is 1.35 bits per heavy atom. The van der Waals surface area contributed by atoms with E-state index in [4.69, 9.17) is 18.9 Å². The lowest BCUT2D eigenvalue weighted by Gasteiger charge is -2.23. The summed E-state index contributed by atoms with van der Waals surface area (Å²) in [4.78, 5) is 2.10. The molecule has 0 spiro atoms. The van der Waals surface area contributed by atoms with Crippen molar-refractivity contribution in [2.45, 2.75) is 31.7 Å². The monoisotopic (exact) mass is 323 g/mol. The zero-order valence-corrected chi connectivity index (χ0v) is 13.6. The van der Waals surface area contributed by atoms with E-state index < -0.39 is 6.10 Å². The summed E-state index contributed by atoms with van der Waals surface area (Å²) in [7, 11) is 2.00. The Labute approximate surface area is 136 Å². The molecular weight excluding hydrogens is 298 g/mol. The average Bonchev–Trinajstić information content (AvgIpc) is 3.17. The van der Waals surface area contributed by atoms with Gasteiger partial charge in [0, 0.05) is 19.7 Å². The number of rotatable bonds is 8. The zero-order chi connectivity index (χ0) is 16.1. The van der Waals surface area contributed by atoms with E-state index in [0.717, 1.165) is 43.1 Å². The van der Waals surface area contributed by atoms with Gasteiger partial charge < -0.3 is 29.0 Å². The first-order chi connectivity index (χ1) is 11.2. The molecule has 2 heterocycles. The van der Waals surface area contributed by atoms with Gasteiger partial charge in [-0.05, 0) is 37.6 Å². The van der Waals surface area contributed by atoms with Gasteiger partial charge >= 0.3 is 0 Å². The van der Waals surface area contributed by atoms with Crippen molar-refractivity contribution < 1.29 is 24.1 Å². The molecule has 0 unspecified atom stereocenters. The van der Waals surface area contributed by atoms with Crippen LogP contribution in [0.15, 0.2) is 18.2 Å². The second kappa shape index (κ2) is 7.97. The van der Waals surface area contributed by atoms with Crippen LogP contribution in [-0.2, 0) is 16.1 Å². The SMILES string of the molecule is CN(C[C@H](O)COCc1ccc2c(c1)OCO2)C[C@H]1CCCO1. The molecule has 1 fully saturated rings. The van der Waals surface area contributed by atoms with E-state index in [1.165, 1.54) is 0 Å². The molecule has 0 bridgehead atoms. The summed E-state index contributed by atoms with van der Waals surface area (Å²) in [5.41, 5.74) is 1.01. The number of aliphatic hydroxyl groups excluding tert-OH is 1. The summed E-state index contributed by atoms with van der Waals surface area (Å²) in [6.07, 6.45) is 2.05. The van der Waals surface area contributed by atoms with Gasteiger partial charge in [-0.3, -0.25) is 0 Å². The van der Waals surface area contributed by atoms with Crippen LogP contribution in [-0.4, -0.2) is 62.4 Å². The fourth-order valence-corrected chi connectivity index (χ4v) is 2.97. The zero-order valence-electron chi connectivity index (χ0n) is 13.6. The lowest BCUT2D eigenvalue weighted by atomic mass is 10.2. The molecule has 1 saturated heterocycles. The minimum absolute atomic E-state index is 0.273. The van der Waals surface area contributed by atoms with Gasteiger partial charge in [-0.2, -0.15) is 0 Å². The summed E-state index contributed by atoms with van der Waals surface area (Å²) >= 11 is 0. The third-order valence-electron chi connectivity index (χ3n) is 4.08. The minimum Gasteiger partial charge on any atom is -0.454 e. The van der Waals surface area contributed by atoms with Crippen LogP contribution in [0, 0.1) is 0 Å². The number of nitrogens with zero attached hydrogens (tertiary/aromatic N) is 1. The Morgan fingerprint density at radius 2 is 2.22 bits per heavy atom. The van der Waals surface area contributed by atoms with Crippen LogP contribution < -0.4 is 9.47 Å². The molecule has 1 aromatic rings. The Hall–Kier alpha value is -1.34. The van der Waals surface area contributed by atoms with Crippen molar-refractivity contribution in [3.05, 3.63) is 23.8 Å². The van der Waals surface area contributed by atoms with Crippen LogP contribution in [0.2, 0.25) is 0 Å². The maximum atomic E-state index is 10.1. The highest BCUT2D eigenvalue weighted by atomic mass is 16.7. The topological polar surface area (TPSA) is 60.4 Å². The van der Waals surface area contributed by atoms with Gasteiger partial charge in [-0.15, -0.1) is 0 Å². The minimum atomic E-state index is -0.504. The van der Waals surface area contributed by atoms with Crippen molar-refractivity contribution in [2.75, 3.05) is 40.1 Å². The van der Waals surface area contributed by atoms with E-state index in [0.29, 0.717) is 25.9 Å². The largest absolute Gasteiger partial charge is 0.454 e. The van der Waals surface area contributed by atoms with Gasteiger partial charge in [0.15, 0.2) is 11.5 Å². The Bertz CT molecular complexity index is 504. The quantitative estimate of drug-likeness (QED) is 0.780. The van der Waals surface area contributed by atoms with E-state index in [1.807, 2.05) is 25.2 Å². The Balaban J connectivity index is 1.34. The summed E-state index contributed by atoms with van der Waals surface area (Å²) in [6, 6.07) is 5.74. The number of hydrogen-bond acceptors (Lipinski definition) is 6. The van der Waals surface area contributed by atoms with Crippen molar-refractivity contribution in [1.82, 2.24) is 4.90 Å². The van der Waals surface area contributed by atoms with Crippen LogP contribution in [0.4, 0.5) is 0 Å². The van der Waals surface area contributed by atoms with Crippen molar-refractivity contribution >= 4 is 0 Å². The standard InChI is InChI=1S/C17H25NO5/c1-18(9-15-3-2-6-21-15)8-14(19)11-20-10-13-4-5-16-17(7-13)23-12-22-16/h4-5,7,14-15,19H,2-3,6,8-12H2,1H3/t14-,15+/m0/s1. The molecule has 1 aromatic carbocycles. The highest BCUT2D eigenvalue weighted by Gasteiger charge is 2.19. The van der Waals surface area contributed by atoms with E-state index in [-0.39, 0.29) is 6.79 Å². The van der Waals surface area contributed by atoms with Gasteiger partial charge in [-0.1, -0.05) is 6.07 Å². The Morgan fingerprint density at radius 3 is 3.04 bits per heavy atom. The fraction of sp³-hybridized carbons (Fsp3) is 0.647. The van der Waals surface area contributed by atoms with Crippen LogP contribution in [0.5, 0.6) is 11.5 Å². The van der Waals surface area contributed by atoms with E-state index in [1.54, 1.807) is 0 Å². The molecule has 0 amide bonds. The number of ether oxygens (including phenoxy) is 4. The first-order valence-corrected chi connectivity index (χ1v) is 8.15. The summed E-state index contributed by atoms with van der Waals surface area (Å²) < 4.78 is 21.8. The number of benzene rings is 1. The first kappa shape index (κ1) is 16.5. The van der Waals surface area contributed by atoms with Crippen LogP contribution in [0.1, 0.15) is 18.4 Å². The average molecular weight is 323 g/mol. The van der Waals surface area contributed by atoms with Gasteiger partial charge in [0.05, 0.1) is 25.4 Å². The normalized spacial score (nSPS) is 21.1. The second-order valence-corrected chi connectivity index (χ2v) is 6.21. The lowest BCUT2D eigenvalue weighted by Crippen LogP contribution is -2.36. The number of likely N-dealkylation sites (N-methyl/N-ethyl adjacent to an activating group) is 1. The van der Waals surface area contributed by atoms with Gasteiger partial charge in [0.2, 0.25) is 6.79 Å². The predicted molar refractivity (Wildman–Crippen MR) is 84.7 cm³/mol. The third kappa shape index (κ3) is 4.81. The molecule has 2 aliphatic rings. The van der Waals surface area contributed by atoms with E-state index in [9.17, 15) is 5.11 Å². The summed E-state index contributed by atoms with van der Waals surface area (Å²) in [6.45, 7) is 3.34. The molecule has 0 aliphatic carbocycles. The van der Waals surface area contributed by atoms with Gasteiger partial charge in [0.25, 0.3) is 0 Å².